The Bertz CT molecular complexity index is 1210. The number of amides is 1. The molecule has 1 aromatic heterocycles. The summed E-state index contributed by atoms with van der Waals surface area (Å²) in [4.78, 5) is 17.4. The van der Waals surface area contributed by atoms with E-state index in [1.807, 2.05) is 12.1 Å². The van der Waals surface area contributed by atoms with Crippen molar-refractivity contribution in [2.45, 2.75) is 61.1 Å². The predicted molar refractivity (Wildman–Crippen MR) is 148 cm³/mol. The fraction of sp³-hybridized carbons (Fsp3) is 0.577. The van der Waals surface area contributed by atoms with Gasteiger partial charge in [-0.25, -0.2) is 16.8 Å². The van der Waals surface area contributed by atoms with Crippen molar-refractivity contribution in [3.8, 4) is 0 Å². The molecule has 1 unspecified atom stereocenters. The zero-order valence-electron chi connectivity index (χ0n) is 22.0. The molecule has 3 rings (SSSR count). The van der Waals surface area contributed by atoms with Crippen LogP contribution in [0.1, 0.15) is 45.1 Å². The molecule has 1 fully saturated rings. The number of benzene rings is 1. The maximum atomic E-state index is 12.8. The third-order valence-corrected chi connectivity index (χ3v) is 11.1. The molecule has 37 heavy (non-hydrogen) atoms. The molecule has 2 aromatic rings. The first kappa shape index (κ1) is 29.8. The van der Waals surface area contributed by atoms with Gasteiger partial charge in [-0.2, -0.15) is 4.31 Å². The van der Waals surface area contributed by atoms with Crippen LogP contribution in [0.15, 0.2) is 50.9 Å². The maximum Gasteiger partial charge on any atom is 0.253 e. The number of hydrogen-bond donors (Lipinski definition) is 0. The van der Waals surface area contributed by atoms with Gasteiger partial charge in [0.2, 0.25) is 5.91 Å². The van der Waals surface area contributed by atoms with Gasteiger partial charge in [0.15, 0.2) is 9.84 Å². The highest BCUT2D eigenvalue weighted by Crippen LogP contribution is 2.22. The van der Waals surface area contributed by atoms with Crippen molar-refractivity contribution in [3.63, 3.8) is 0 Å². The lowest BCUT2D eigenvalue weighted by atomic mass is 10.1. The molecule has 0 saturated carbocycles. The summed E-state index contributed by atoms with van der Waals surface area (Å²) in [5, 5.41) is 1.73. The van der Waals surface area contributed by atoms with Gasteiger partial charge in [0, 0.05) is 31.9 Å². The van der Waals surface area contributed by atoms with Crippen molar-refractivity contribution in [3.05, 3.63) is 47.3 Å². The minimum atomic E-state index is -3.62. The van der Waals surface area contributed by atoms with Gasteiger partial charge in [0.1, 0.15) is 4.21 Å². The van der Waals surface area contributed by atoms with Crippen molar-refractivity contribution in [1.82, 2.24) is 14.1 Å². The Labute approximate surface area is 226 Å². The number of nitrogens with zero attached hydrogens (tertiary/aromatic N) is 3. The smallest absolute Gasteiger partial charge is 0.253 e. The van der Waals surface area contributed by atoms with E-state index in [4.69, 9.17) is 0 Å². The first-order valence-corrected chi connectivity index (χ1v) is 17.1. The second kappa shape index (κ2) is 13.3. The van der Waals surface area contributed by atoms with E-state index in [0.717, 1.165) is 44.3 Å². The molecule has 1 amide bonds. The fourth-order valence-electron chi connectivity index (χ4n) is 4.67. The molecule has 1 saturated heterocycles. The SMILES string of the molecule is CCCN(CCCCN1CCCN(S(=O)(=O)c2cccs2)CC1=O)C(C)Cc1ccc(S(C)(=O)=O)cc1. The fourth-order valence-corrected chi connectivity index (χ4v) is 7.88. The highest BCUT2D eigenvalue weighted by Gasteiger charge is 2.31. The Morgan fingerprint density at radius 3 is 2.38 bits per heavy atom. The van der Waals surface area contributed by atoms with E-state index in [-0.39, 0.29) is 16.7 Å². The number of carbonyl (C=O) groups is 1. The minimum absolute atomic E-state index is 0.0999. The van der Waals surface area contributed by atoms with Crippen molar-refractivity contribution in [2.24, 2.45) is 0 Å². The van der Waals surface area contributed by atoms with Crippen LogP contribution in [0.5, 0.6) is 0 Å². The van der Waals surface area contributed by atoms with Crippen LogP contribution in [0.3, 0.4) is 0 Å². The zero-order chi connectivity index (χ0) is 27.1. The van der Waals surface area contributed by atoms with Crippen LogP contribution in [-0.4, -0.2) is 88.4 Å². The summed E-state index contributed by atoms with van der Waals surface area (Å²) in [5.74, 6) is -0.131. The first-order valence-electron chi connectivity index (χ1n) is 12.9. The number of unbranched alkanes of at least 4 members (excludes halogenated alkanes) is 1. The Balaban J connectivity index is 1.48. The van der Waals surface area contributed by atoms with Crippen molar-refractivity contribution >= 4 is 37.1 Å². The number of carbonyl (C=O) groups excluding carboxylic acids is 1. The standard InChI is InChI=1S/C26H39N3O5S3/c1-4-14-27(22(2)20-23-10-12-24(13-11-23)36(3,31)32)15-5-6-16-28-17-8-18-29(21-25(28)30)37(33,34)26-9-7-19-35-26/h7,9-13,19,22H,4-6,8,14-18,20-21H2,1-3H3. The molecule has 1 aliphatic heterocycles. The average Bonchev–Trinajstić information content (AvgIpc) is 3.33. The summed E-state index contributed by atoms with van der Waals surface area (Å²) in [6.45, 7) is 7.71. The van der Waals surface area contributed by atoms with Gasteiger partial charge in [-0.1, -0.05) is 25.1 Å². The minimum Gasteiger partial charge on any atom is -0.342 e. The van der Waals surface area contributed by atoms with Crippen LogP contribution >= 0.6 is 11.3 Å². The van der Waals surface area contributed by atoms with E-state index in [9.17, 15) is 21.6 Å². The molecular formula is C26H39N3O5S3. The molecule has 0 radical (unpaired) electrons. The molecular weight excluding hydrogens is 531 g/mol. The van der Waals surface area contributed by atoms with Crippen LogP contribution in [0.4, 0.5) is 0 Å². The average molecular weight is 570 g/mol. The highest BCUT2D eigenvalue weighted by atomic mass is 32.2. The molecule has 0 N–H and O–H groups in total. The summed E-state index contributed by atoms with van der Waals surface area (Å²) < 4.78 is 50.7. The van der Waals surface area contributed by atoms with Crippen molar-refractivity contribution < 1.29 is 21.6 Å². The largest absolute Gasteiger partial charge is 0.342 e. The third kappa shape index (κ3) is 8.35. The van der Waals surface area contributed by atoms with Gasteiger partial charge in [-0.15, -0.1) is 11.3 Å². The molecule has 0 aliphatic carbocycles. The maximum absolute atomic E-state index is 12.8. The number of sulfone groups is 1. The first-order chi connectivity index (χ1) is 17.5. The van der Waals surface area contributed by atoms with Crippen molar-refractivity contribution in [2.75, 3.05) is 45.5 Å². The monoisotopic (exact) mass is 569 g/mol. The predicted octanol–water partition coefficient (Wildman–Crippen LogP) is 3.50. The van der Waals surface area contributed by atoms with E-state index in [1.165, 1.54) is 21.9 Å². The van der Waals surface area contributed by atoms with Gasteiger partial charge in [0.05, 0.1) is 11.4 Å². The van der Waals surface area contributed by atoms with E-state index in [2.05, 4.69) is 18.7 Å². The molecule has 0 spiro atoms. The van der Waals surface area contributed by atoms with Gasteiger partial charge in [-0.3, -0.25) is 4.79 Å². The Morgan fingerprint density at radius 2 is 1.76 bits per heavy atom. The molecule has 1 aliphatic rings. The lowest BCUT2D eigenvalue weighted by molar-refractivity contribution is -0.130. The summed E-state index contributed by atoms with van der Waals surface area (Å²) in [7, 11) is -6.81. The van der Waals surface area contributed by atoms with Crippen molar-refractivity contribution in [1.29, 1.82) is 0 Å². The molecule has 2 heterocycles. The lowest BCUT2D eigenvalue weighted by Crippen LogP contribution is -2.40. The summed E-state index contributed by atoms with van der Waals surface area (Å²) >= 11 is 1.18. The molecule has 1 atom stereocenters. The van der Waals surface area contributed by atoms with Crippen LogP contribution in [0.25, 0.3) is 0 Å². The molecule has 11 heteroatoms. The molecule has 0 bridgehead atoms. The van der Waals surface area contributed by atoms with E-state index in [0.29, 0.717) is 37.0 Å². The van der Waals surface area contributed by atoms with Gasteiger partial charge >= 0.3 is 0 Å². The number of hydrogen-bond acceptors (Lipinski definition) is 7. The second-order valence-electron chi connectivity index (χ2n) is 9.72. The van der Waals surface area contributed by atoms with Crippen LogP contribution < -0.4 is 0 Å². The Morgan fingerprint density at radius 1 is 1.03 bits per heavy atom. The normalized spacial score (nSPS) is 16.8. The summed E-state index contributed by atoms with van der Waals surface area (Å²) in [6.07, 6.45) is 5.53. The van der Waals surface area contributed by atoms with E-state index >= 15 is 0 Å². The Kier molecular flexibility index (Phi) is 10.7. The van der Waals surface area contributed by atoms with Crippen LogP contribution in [0, 0.1) is 0 Å². The Hall–Kier alpha value is -1.79. The summed E-state index contributed by atoms with van der Waals surface area (Å²) in [6, 6.07) is 10.7. The van der Waals surface area contributed by atoms with E-state index in [1.54, 1.807) is 34.5 Å². The van der Waals surface area contributed by atoms with Crippen LogP contribution in [-0.2, 0) is 31.1 Å². The third-order valence-electron chi connectivity index (χ3n) is 6.73. The molecule has 206 valence electrons. The topological polar surface area (TPSA) is 95.1 Å². The number of thiophene rings is 1. The van der Waals surface area contributed by atoms with Crippen LogP contribution in [0.2, 0.25) is 0 Å². The van der Waals surface area contributed by atoms with E-state index < -0.39 is 19.9 Å². The quantitative estimate of drug-likeness (QED) is 0.343. The second-order valence-corrected chi connectivity index (χ2v) is 14.8. The lowest BCUT2D eigenvalue weighted by Gasteiger charge is -2.29. The number of sulfonamides is 1. The van der Waals surface area contributed by atoms with Gasteiger partial charge < -0.3 is 9.80 Å². The van der Waals surface area contributed by atoms with Gasteiger partial charge in [0.25, 0.3) is 10.0 Å². The molecule has 8 nitrogen and oxygen atoms in total. The summed E-state index contributed by atoms with van der Waals surface area (Å²) in [5.41, 5.74) is 1.11. The molecule has 1 aromatic carbocycles. The highest BCUT2D eigenvalue weighted by molar-refractivity contribution is 7.91. The van der Waals surface area contributed by atoms with Gasteiger partial charge in [-0.05, 0) is 81.3 Å². The number of rotatable bonds is 13. The zero-order valence-corrected chi connectivity index (χ0v) is 24.5.